The summed E-state index contributed by atoms with van der Waals surface area (Å²) in [6, 6.07) is 10.6. The molecule has 0 spiro atoms. The topological polar surface area (TPSA) is 51.1 Å². The Morgan fingerprint density at radius 1 is 1.15 bits per heavy atom. The molecule has 142 valence electrons. The van der Waals surface area contributed by atoms with Crippen LogP contribution in [0.3, 0.4) is 0 Å². The van der Waals surface area contributed by atoms with Gasteiger partial charge in [0.2, 0.25) is 5.91 Å². The highest BCUT2D eigenvalue weighted by Crippen LogP contribution is 2.38. The van der Waals surface area contributed by atoms with E-state index < -0.39 is 0 Å². The van der Waals surface area contributed by atoms with Gasteiger partial charge in [0.1, 0.15) is 0 Å². The number of benzene rings is 2. The molecule has 0 radical (unpaired) electrons. The molecule has 3 rings (SSSR count). The molecule has 1 heterocycles. The summed E-state index contributed by atoms with van der Waals surface area (Å²) in [5.41, 5.74) is 2.37. The van der Waals surface area contributed by atoms with E-state index in [2.05, 4.69) is 5.10 Å². The lowest BCUT2D eigenvalue weighted by Gasteiger charge is -2.22. The zero-order valence-electron chi connectivity index (χ0n) is 15.3. The van der Waals surface area contributed by atoms with E-state index in [1.54, 1.807) is 32.4 Å². The zero-order valence-corrected chi connectivity index (χ0v) is 16.8. The fraction of sp³-hybridized carbons (Fsp3) is 0.300. The summed E-state index contributed by atoms with van der Waals surface area (Å²) < 4.78 is 10.7. The van der Waals surface area contributed by atoms with Crippen molar-refractivity contribution >= 4 is 34.8 Å². The van der Waals surface area contributed by atoms with Gasteiger partial charge in [-0.1, -0.05) is 36.2 Å². The summed E-state index contributed by atoms with van der Waals surface area (Å²) in [5.74, 6) is 1.17. The first kappa shape index (κ1) is 19.5. The van der Waals surface area contributed by atoms with Gasteiger partial charge in [-0.05, 0) is 35.9 Å². The molecular weight excluding hydrogens is 387 g/mol. The predicted molar refractivity (Wildman–Crippen MR) is 107 cm³/mol. The highest BCUT2D eigenvalue weighted by Gasteiger charge is 2.33. The van der Waals surface area contributed by atoms with Crippen LogP contribution in [0.4, 0.5) is 0 Å². The Morgan fingerprint density at radius 3 is 2.56 bits per heavy atom. The van der Waals surface area contributed by atoms with Crippen LogP contribution in [0.5, 0.6) is 11.5 Å². The van der Waals surface area contributed by atoms with Crippen molar-refractivity contribution in [2.24, 2.45) is 5.10 Å². The van der Waals surface area contributed by atoms with Crippen molar-refractivity contribution in [3.8, 4) is 11.5 Å². The second-order valence-corrected chi connectivity index (χ2v) is 6.94. The Labute approximate surface area is 168 Å². The van der Waals surface area contributed by atoms with Gasteiger partial charge in [-0.2, -0.15) is 5.10 Å². The maximum atomic E-state index is 12.5. The quantitative estimate of drug-likeness (QED) is 0.693. The number of carbonyl (C=O) groups excluding carboxylic acids is 1. The monoisotopic (exact) mass is 406 g/mol. The minimum atomic E-state index is -0.248. The van der Waals surface area contributed by atoms with E-state index in [4.69, 9.17) is 32.7 Å². The van der Waals surface area contributed by atoms with Crippen molar-refractivity contribution in [3.05, 3.63) is 57.6 Å². The third-order valence-electron chi connectivity index (χ3n) is 4.50. The van der Waals surface area contributed by atoms with Gasteiger partial charge in [0, 0.05) is 28.5 Å². The molecule has 0 aromatic heterocycles. The van der Waals surface area contributed by atoms with Crippen LogP contribution >= 0.6 is 23.2 Å². The van der Waals surface area contributed by atoms with Gasteiger partial charge in [-0.15, -0.1) is 0 Å². The van der Waals surface area contributed by atoms with Crippen LogP contribution < -0.4 is 9.47 Å². The van der Waals surface area contributed by atoms with E-state index in [-0.39, 0.29) is 11.9 Å². The smallest absolute Gasteiger partial charge is 0.242 e. The predicted octanol–water partition coefficient (Wildman–Crippen LogP) is 5.10. The molecule has 0 saturated carbocycles. The zero-order chi connectivity index (χ0) is 19.6. The first-order valence-electron chi connectivity index (χ1n) is 8.55. The van der Waals surface area contributed by atoms with Gasteiger partial charge < -0.3 is 9.47 Å². The van der Waals surface area contributed by atoms with Crippen molar-refractivity contribution < 1.29 is 14.3 Å². The molecule has 0 bridgehead atoms. The molecule has 1 unspecified atom stereocenters. The molecule has 1 atom stereocenters. The van der Waals surface area contributed by atoms with Crippen molar-refractivity contribution in [3.63, 3.8) is 0 Å². The molecule has 1 aliphatic rings. The Kier molecular flexibility index (Phi) is 5.92. The number of hydrogen-bond donors (Lipinski definition) is 0. The third kappa shape index (κ3) is 3.89. The number of ether oxygens (including phenoxy) is 2. The summed E-state index contributed by atoms with van der Waals surface area (Å²) in [5, 5.41) is 7.21. The lowest BCUT2D eigenvalue weighted by atomic mass is 9.98. The molecule has 5 nitrogen and oxygen atoms in total. The summed E-state index contributed by atoms with van der Waals surface area (Å²) in [6.07, 6.45) is 0.880. The highest BCUT2D eigenvalue weighted by molar-refractivity contribution is 6.36. The molecule has 2 aromatic rings. The fourth-order valence-electron chi connectivity index (χ4n) is 3.10. The van der Waals surface area contributed by atoms with Gasteiger partial charge in [-0.25, -0.2) is 5.01 Å². The van der Waals surface area contributed by atoms with Crippen LogP contribution in [0.1, 0.15) is 36.9 Å². The average Bonchev–Trinajstić information content (AvgIpc) is 3.13. The van der Waals surface area contributed by atoms with E-state index in [9.17, 15) is 4.79 Å². The van der Waals surface area contributed by atoms with Crippen molar-refractivity contribution in [2.45, 2.75) is 25.8 Å². The van der Waals surface area contributed by atoms with E-state index >= 15 is 0 Å². The Bertz CT molecular complexity index is 899. The second-order valence-electron chi connectivity index (χ2n) is 6.10. The molecule has 0 saturated heterocycles. The van der Waals surface area contributed by atoms with E-state index in [0.717, 1.165) is 16.8 Å². The number of rotatable bonds is 5. The molecule has 0 aliphatic carbocycles. The lowest BCUT2D eigenvalue weighted by molar-refractivity contribution is -0.132. The molecule has 27 heavy (non-hydrogen) atoms. The maximum Gasteiger partial charge on any atom is 0.242 e. The Hall–Kier alpha value is -2.24. The molecule has 1 amide bonds. The Morgan fingerprint density at radius 2 is 1.89 bits per heavy atom. The minimum Gasteiger partial charge on any atom is -0.493 e. The van der Waals surface area contributed by atoms with Gasteiger partial charge in [0.25, 0.3) is 0 Å². The molecule has 0 fully saturated rings. The van der Waals surface area contributed by atoms with Crippen LogP contribution in [0.2, 0.25) is 10.0 Å². The first-order chi connectivity index (χ1) is 13.0. The third-order valence-corrected chi connectivity index (χ3v) is 5.06. The van der Waals surface area contributed by atoms with Gasteiger partial charge in [0.15, 0.2) is 11.5 Å². The Balaban J connectivity index is 2.01. The van der Waals surface area contributed by atoms with Crippen LogP contribution in [-0.2, 0) is 4.79 Å². The summed E-state index contributed by atoms with van der Waals surface area (Å²) in [7, 11) is 3.17. The summed E-state index contributed by atoms with van der Waals surface area (Å²) in [6.45, 7) is 1.81. The number of halogens is 2. The van der Waals surface area contributed by atoms with E-state index in [1.165, 1.54) is 5.01 Å². The SMILES string of the molecule is CCC(=O)N1N=C(c2cc(Cl)ccc2Cl)CC1c1ccc(OC)c(OC)c1. The lowest BCUT2D eigenvalue weighted by Crippen LogP contribution is -2.26. The van der Waals surface area contributed by atoms with Crippen molar-refractivity contribution in [1.29, 1.82) is 0 Å². The number of amides is 1. The standard InChI is InChI=1S/C20H20Cl2N2O3/c1-4-20(25)24-17(12-5-8-18(26-2)19(9-12)27-3)11-16(23-24)14-10-13(21)6-7-15(14)22/h5-10,17H,4,11H2,1-3H3. The normalized spacial score (nSPS) is 16.3. The van der Waals surface area contributed by atoms with Gasteiger partial charge in [-0.3, -0.25) is 4.79 Å². The fourth-order valence-corrected chi connectivity index (χ4v) is 3.50. The van der Waals surface area contributed by atoms with Crippen LogP contribution in [-0.4, -0.2) is 30.8 Å². The van der Waals surface area contributed by atoms with Crippen LogP contribution in [0.25, 0.3) is 0 Å². The highest BCUT2D eigenvalue weighted by atomic mass is 35.5. The van der Waals surface area contributed by atoms with Crippen molar-refractivity contribution in [1.82, 2.24) is 5.01 Å². The maximum absolute atomic E-state index is 12.5. The summed E-state index contributed by atoms with van der Waals surface area (Å²) in [4.78, 5) is 12.5. The molecule has 7 heteroatoms. The largest absolute Gasteiger partial charge is 0.493 e. The molecular formula is C20H20Cl2N2O3. The first-order valence-corrected chi connectivity index (χ1v) is 9.31. The number of methoxy groups -OCH3 is 2. The van der Waals surface area contributed by atoms with E-state index in [0.29, 0.717) is 34.4 Å². The molecule has 1 aliphatic heterocycles. The summed E-state index contributed by atoms with van der Waals surface area (Å²) >= 11 is 12.5. The van der Waals surface area contributed by atoms with Crippen LogP contribution in [0.15, 0.2) is 41.5 Å². The number of carbonyl (C=O) groups is 1. The molecule has 0 N–H and O–H groups in total. The van der Waals surface area contributed by atoms with Crippen LogP contribution in [0, 0.1) is 0 Å². The molecule has 2 aromatic carbocycles. The average molecular weight is 407 g/mol. The second kappa shape index (κ2) is 8.19. The minimum absolute atomic E-state index is 0.0667. The number of hydrazone groups is 1. The van der Waals surface area contributed by atoms with Gasteiger partial charge >= 0.3 is 0 Å². The number of nitrogens with zero attached hydrogens (tertiary/aromatic N) is 2. The van der Waals surface area contributed by atoms with Gasteiger partial charge in [0.05, 0.1) is 26.0 Å². The van der Waals surface area contributed by atoms with E-state index in [1.807, 2.05) is 25.1 Å². The number of hydrogen-bond acceptors (Lipinski definition) is 4. The van der Waals surface area contributed by atoms with Crippen molar-refractivity contribution in [2.75, 3.05) is 14.2 Å².